The van der Waals surface area contributed by atoms with Crippen LogP contribution in [0.15, 0.2) is 24.3 Å². The van der Waals surface area contributed by atoms with E-state index in [-0.39, 0.29) is 5.92 Å². The van der Waals surface area contributed by atoms with Crippen LogP contribution in [0, 0.1) is 11.8 Å². The van der Waals surface area contributed by atoms with E-state index in [1.807, 2.05) is 12.1 Å². The maximum Gasteiger partial charge on any atom is 0.226 e. The Morgan fingerprint density at radius 1 is 1.30 bits per heavy atom. The number of nitrogens with one attached hydrogen (secondary N) is 1. The molecule has 23 heavy (non-hydrogen) atoms. The van der Waals surface area contributed by atoms with Gasteiger partial charge in [0.2, 0.25) is 5.91 Å². The molecule has 2 saturated heterocycles. The van der Waals surface area contributed by atoms with E-state index in [1.54, 1.807) is 4.90 Å². The summed E-state index contributed by atoms with van der Waals surface area (Å²) in [6, 6.07) is 8.14. The van der Waals surface area contributed by atoms with E-state index in [4.69, 9.17) is 11.6 Å². The molecule has 2 fully saturated rings. The molecule has 2 aliphatic heterocycles. The molecule has 2 heterocycles. The van der Waals surface area contributed by atoms with Gasteiger partial charge in [0.15, 0.2) is 0 Å². The van der Waals surface area contributed by atoms with Crippen LogP contribution in [-0.2, 0) is 11.3 Å². The predicted molar refractivity (Wildman–Crippen MR) is 93.6 cm³/mol. The number of hydrogen-bond donors (Lipinski definition) is 1. The van der Waals surface area contributed by atoms with E-state index in [1.165, 1.54) is 18.4 Å². The zero-order valence-corrected chi connectivity index (χ0v) is 14.8. The summed E-state index contributed by atoms with van der Waals surface area (Å²) in [5, 5.41) is 0.811. The number of hydrogen-bond acceptors (Lipinski definition) is 1. The fraction of sp³-hybridized carbons (Fsp3) is 0.632. The van der Waals surface area contributed by atoms with Crippen LogP contribution >= 0.6 is 11.6 Å². The summed E-state index contributed by atoms with van der Waals surface area (Å²) >= 11 is 6.07. The van der Waals surface area contributed by atoms with Gasteiger partial charge >= 0.3 is 0 Å². The molecule has 3 rings (SSSR count). The fourth-order valence-electron chi connectivity index (χ4n) is 4.03. The Kier molecular flexibility index (Phi) is 5.60. The molecule has 1 atom stereocenters. The van der Waals surface area contributed by atoms with E-state index < -0.39 is 0 Å². The molecule has 2 aliphatic rings. The first-order valence-corrected chi connectivity index (χ1v) is 9.36. The lowest BCUT2D eigenvalue weighted by Gasteiger charge is -2.36. The Morgan fingerprint density at radius 3 is 2.78 bits per heavy atom. The predicted octanol–water partition coefficient (Wildman–Crippen LogP) is 2.39. The Balaban J connectivity index is 1.49. The summed E-state index contributed by atoms with van der Waals surface area (Å²) in [6.07, 6.45) is 4.50. The van der Waals surface area contributed by atoms with Crippen molar-refractivity contribution >= 4 is 17.5 Å². The Labute approximate surface area is 144 Å². The molecule has 0 aromatic heterocycles. The first-order chi connectivity index (χ1) is 11.1. The normalized spacial score (nSPS) is 28.6. The lowest BCUT2D eigenvalue weighted by atomic mass is 9.92. The van der Waals surface area contributed by atoms with Gasteiger partial charge in [-0.05, 0) is 30.9 Å². The van der Waals surface area contributed by atoms with Crippen LogP contribution in [-0.4, -0.2) is 37.0 Å². The third kappa shape index (κ3) is 4.48. The van der Waals surface area contributed by atoms with Gasteiger partial charge in [0, 0.05) is 42.4 Å². The second-order valence-corrected chi connectivity index (χ2v) is 7.80. The Bertz CT molecular complexity index is 540. The molecule has 1 amide bonds. The van der Waals surface area contributed by atoms with Crippen molar-refractivity contribution in [3.8, 4) is 0 Å². The highest BCUT2D eigenvalue weighted by molar-refractivity contribution is 6.30. The number of quaternary nitrogens is 1. The number of halogens is 1. The van der Waals surface area contributed by atoms with Crippen LogP contribution in [0.5, 0.6) is 0 Å². The maximum atomic E-state index is 12.7. The van der Waals surface area contributed by atoms with Crippen LogP contribution in [0.2, 0.25) is 5.02 Å². The number of carbonyl (C=O) groups is 1. The Morgan fingerprint density at radius 2 is 2.09 bits per heavy atom. The highest BCUT2D eigenvalue weighted by atomic mass is 35.5. The lowest BCUT2D eigenvalue weighted by Crippen LogP contribution is -3.11. The SMILES string of the molecule is C[C@H]1CCCN(C(=O)C2CC[NH+](Cc3cccc(Cl)c3)CC2)C1. The van der Waals surface area contributed by atoms with Gasteiger partial charge in [0.25, 0.3) is 0 Å². The quantitative estimate of drug-likeness (QED) is 0.901. The molecule has 0 aliphatic carbocycles. The largest absolute Gasteiger partial charge is 0.342 e. The van der Waals surface area contributed by atoms with E-state index >= 15 is 0 Å². The lowest BCUT2D eigenvalue weighted by molar-refractivity contribution is -0.919. The van der Waals surface area contributed by atoms with E-state index in [0.29, 0.717) is 11.8 Å². The van der Waals surface area contributed by atoms with E-state index in [9.17, 15) is 4.79 Å². The summed E-state index contributed by atoms with van der Waals surface area (Å²) in [4.78, 5) is 16.4. The van der Waals surface area contributed by atoms with Crippen molar-refractivity contribution in [1.82, 2.24) is 4.90 Å². The first kappa shape index (κ1) is 16.8. The number of benzene rings is 1. The van der Waals surface area contributed by atoms with Crippen molar-refractivity contribution in [2.24, 2.45) is 11.8 Å². The molecule has 0 unspecified atom stereocenters. The zero-order valence-electron chi connectivity index (χ0n) is 14.1. The van der Waals surface area contributed by atoms with Crippen molar-refractivity contribution < 1.29 is 9.69 Å². The summed E-state index contributed by atoms with van der Waals surface area (Å²) in [5.74, 6) is 1.34. The van der Waals surface area contributed by atoms with Crippen LogP contribution in [0.25, 0.3) is 0 Å². The van der Waals surface area contributed by atoms with Crippen LogP contribution in [0.1, 0.15) is 38.2 Å². The standard InChI is InChI=1S/C19H27ClN2O/c1-15-4-3-9-22(13-15)19(23)17-7-10-21(11-8-17)14-16-5-2-6-18(20)12-16/h2,5-6,12,15,17H,3-4,7-11,13-14H2,1H3/p+1/t15-/m0/s1. The molecular formula is C19H28ClN2O+. The van der Waals surface area contributed by atoms with Gasteiger partial charge < -0.3 is 9.80 Å². The molecule has 1 N–H and O–H groups in total. The topological polar surface area (TPSA) is 24.8 Å². The zero-order chi connectivity index (χ0) is 16.2. The van der Waals surface area contributed by atoms with Gasteiger partial charge in [0.05, 0.1) is 13.1 Å². The minimum Gasteiger partial charge on any atom is -0.342 e. The fourth-order valence-corrected chi connectivity index (χ4v) is 4.25. The molecule has 1 aromatic rings. The minimum absolute atomic E-state index is 0.253. The third-order valence-electron chi connectivity index (χ3n) is 5.35. The monoisotopic (exact) mass is 335 g/mol. The van der Waals surface area contributed by atoms with Crippen molar-refractivity contribution in [2.75, 3.05) is 26.2 Å². The number of nitrogens with zero attached hydrogens (tertiary/aromatic N) is 1. The van der Waals surface area contributed by atoms with E-state index in [0.717, 1.165) is 50.6 Å². The van der Waals surface area contributed by atoms with Crippen molar-refractivity contribution in [1.29, 1.82) is 0 Å². The molecule has 0 saturated carbocycles. The molecule has 4 heteroatoms. The van der Waals surface area contributed by atoms with Crippen molar-refractivity contribution in [3.63, 3.8) is 0 Å². The number of likely N-dealkylation sites (tertiary alicyclic amines) is 2. The molecular weight excluding hydrogens is 308 g/mol. The summed E-state index contributed by atoms with van der Waals surface area (Å²) in [5.41, 5.74) is 1.29. The van der Waals surface area contributed by atoms with Gasteiger partial charge in [-0.15, -0.1) is 0 Å². The summed E-state index contributed by atoms with van der Waals surface area (Å²) < 4.78 is 0. The smallest absolute Gasteiger partial charge is 0.226 e. The average molecular weight is 336 g/mol. The highest BCUT2D eigenvalue weighted by Crippen LogP contribution is 2.21. The average Bonchev–Trinajstić information content (AvgIpc) is 2.55. The molecule has 3 nitrogen and oxygen atoms in total. The summed E-state index contributed by atoms with van der Waals surface area (Å²) in [7, 11) is 0. The number of carbonyl (C=O) groups excluding carboxylic acids is 1. The molecule has 126 valence electrons. The molecule has 1 aromatic carbocycles. The second kappa shape index (κ2) is 7.67. The van der Waals surface area contributed by atoms with Crippen molar-refractivity contribution in [2.45, 2.75) is 39.2 Å². The molecule has 0 radical (unpaired) electrons. The number of piperidine rings is 2. The minimum atomic E-state index is 0.253. The van der Waals surface area contributed by atoms with E-state index in [2.05, 4.69) is 24.0 Å². The van der Waals surface area contributed by atoms with Crippen LogP contribution in [0.3, 0.4) is 0 Å². The second-order valence-electron chi connectivity index (χ2n) is 7.36. The first-order valence-electron chi connectivity index (χ1n) is 8.98. The summed E-state index contributed by atoms with van der Waals surface area (Å²) in [6.45, 7) is 7.39. The van der Waals surface area contributed by atoms with Crippen LogP contribution < -0.4 is 4.90 Å². The molecule has 0 spiro atoms. The third-order valence-corrected chi connectivity index (χ3v) is 5.59. The maximum absolute atomic E-state index is 12.7. The van der Waals surface area contributed by atoms with Gasteiger partial charge in [-0.1, -0.05) is 30.7 Å². The number of amides is 1. The van der Waals surface area contributed by atoms with Gasteiger partial charge in [0.1, 0.15) is 6.54 Å². The van der Waals surface area contributed by atoms with Gasteiger partial charge in [-0.25, -0.2) is 0 Å². The Hall–Kier alpha value is -1.06. The number of rotatable bonds is 3. The highest BCUT2D eigenvalue weighted by Gasteiger charge is 2.32. The van der Waals surface area contributed by atoms with Gasteiger partial charge in [-0.2, -0.15) is 0 Å². The van der Waals surface area contributed by atoms with Crippen LogP contribution in [0.4, 0.5) is 0 Å². The van der Waals surface area contributed by atoms with Crippen molar-refractivity contribution in [3.05, 3.63) is 34.9 Å². The van der Waals surface area contributed by atoms with Gasteiger partial charge in [-0.3, -0.25) is 4.79 Å². The molecule has 0 bridgehead atoms.